The van der Waals surface area contributed by atoms with Crippen LogP contribution >= 0.6 is 0 Å². The van der Waals surface area contributed by atoms with E-state index < -0.39 is 37.3 Å². The second kappa shape index (κ2) is 8.25. The maximum atomic E-state index is 10.3. The van der Waals surface area contributed by atoms with Gasteiger partial charge in [0, 0.05) is 6.54 Å². The van der Waals surface area contributed by atoms with Gasteiger partial charge in [0.2, 0.25) is 0 Å². The van der Waals surface area contributed by atoms with Crippen LogP contribution in [0.25, 0.3) is 11.2 Å². The number of aromatic nitrogens is 4. The normalized spacial score (nSPS) is 29.3. The third kappa shape index (κ3) is 3.78. The largest absolute Gasteiger partial charge is 0.394 e. The fourth-order valence-corrected chi connectivity index (χ4v) is 2.87. The van der Waals surface area contributed by atoms with Crippen LogP contribution in [0.5, 0.6) is 0 Å². The zero-order valence-corrected chi connectivity index (χ0v) is 14.7. The topological polar surface area (TPSA) is 166 Å². The lowest BCUT2D eigenvalue weighted by atomic mass is 9.98. The second-order valence-corrected chi connectivity index (χ2v) is 6.36. The molecule has 0 aliphatic carbocycles. The van der Waals surface area contributed by atoms with Crippen molar-refractivity contribution in [3.05, 3.63) is 24.3 Å². The van der Waals surface area contributed by atoms with Crippen LogP contribution in [0.4, 0.5) is 5.82 Å². The van der Waals surface area contributed by atoms with Gasteiger partial charge in [0.1, 0.15) is 30.7 Å². The maximum Gasteiger partial charge on any atom is 0.167 e. The Morgan fingerprint density at radius 1 is 1.19 bits per heavy atom. The highest BCUT2D eigenvalue weighted by molar-refractivity contribution is 5.82. The van der Waals surface area contributed by atoms with Gasteiger partial charge in [-0.2, -0.15) is 0 Å². The Morgan fingerprint density at radius 2 is 1.96 bits per heavy atom. The summed E-state index contributed by atoms with van der Waals surface area (Å²) in [6, 6.07) is 0. The molecule has 6 N–H and O–H groups in total. The van der Waals surface area contributed by atoms with Crippen molar-refractivity contribution in [1.82, 2.24) is 19.5 Å². The smallest absolute Gasteiger partial charge is 0.167 e. The molecule has 1 saturated heterocycles. The Hall–Kier alpha value is -2.15. The summed E-state index contributed by atoms with van der Waals surface area (Å²) in [5.74, 6) is 0.449. The van der Waals surface area contributed by atoms with Crippen molar-refractivity contribution in [3.8, 4) is 0 Å². The molecule has 0 aromatic carbocycles. The van der Waals surface area contributed by atoms with Crippen molar-refractivity contribution in [2.45, 2.75) is 37.6 Å². The van der Waals surface area contributed by atoms with Gasteiger partial charge in [-0.3, -0.25) is 4.57 Å². The highest BCUT2D eigenvalue weighted by Gasteiger charge is 2.44. The molecule has 0 saturated carbocycles. The Labute approximate surface area is 154 Å². The summed E-state index contributed by atoms with van der Waals surface area (Å²) in [4.78, 5) is 12.6. The van der Waals surface area contributed by atoms with Gasteiger partial charge < -0.3 is 35.6 Å². The third-order valence-electron chi connectivity index (χ3n) is 4.47. The van der Waals surface area contributed by atoms with Gasteiger partial charge in [0.15, 0.2) is 23.2 Å². The van der Waals surface area contributed by atoms with Gasteiger partial charge in [0.25, 0.3) is 0 Å². The Bertz CT molecular complexity index is 810. The van der Waals surface area contributed by atoms with Crippen LogP contribution in [-0.4, -0.2) is 89.2 Å². The molecule has 11 heteroatoms. The summed E-state index contributed by atoms with van der Waals surface area (Å²) in [5.41, 5.74) is 1.57. The van der Waals surface area contributed by atoms with E-state index in [0.29, 0.717) is 23.5 Å². The third-order valence-corrected chi connectivity index (χ3v) is 4.47. The fraction of sp³-hybridized carbons (Fsp3) is 0.562. The number of nitrogens with zero attached hydrogens (tertiary/aromatic N) is 4. The molecule has 1 aliphatic rings. The summed E-state index contributed by atoms with van der Waals surface area (Å²) in [6.07, 6.45) is -2.00. The van der Waals surface area contributed by atoms with Crippen LogP contribution in [0.3, 0.4) is 0 Å². The molecule has 0 amide bonds. The number of ether oxygens (including phenoxy) is 1. The molecule has 27 heavy (non-hydrogen) atoms. The number of nitrogens with one attached hydrogen (secondary N) is 1. The average Bonchev–Trinajstić information content (AvgIpc) is 3.11. The van der Waals surface area contributed by atoms with Crippen LogP contribution in [-0.2, 0) is 4.74 Å². The van der Waals surface area contributed by atoms with Gasteiger partial charge in [-0.15, -0.1) is 0 Å². The standard InChI is InChI=1S/C16H23N5O6/c1-8(4-22)2-3-17-14-10-15(19-6-18-14)21(7-20-10)16-13(26)12(25)11(24)9(5-23)27-16/h2,6-7,9,11-13,16,22-26H,3-5H2,1H3,(H,17,18,19)/b8-2-/t9-,11-,12+,13-,16?/m1/s1. The quantitative estimate of drug-likeness (QED) is 0.313. The predicted octanol–water partition coefficient (Wildman–Crippen LogP) is -1.85. The van der Waals surface area contributed by atoms with Crippen molar-refractivity contribution in [2.75, 3.05) is 25.1 Å². The first-order chi connectivity index (χ1) is 13.0. The molecule has 148 valence electrons. The molecule has 2 aromatic heterocycles. The van der Waals surface area contributed by atoms with Crippen LogP contribution in [0.15, 0.2) is 24.3 Å². The minimum Gasteiger partial charge on any atom is -0.394 e. The second-order valence-electron chi connectivity index (χ2n) is 6.36. The van der Waals surface area contributed by atoms with E-state index in [1.807, 2.05) is 6.08 Å². The highest BCUT2D eigenvalue weighted by atomic mass is 16.6. The highest BCUT2D eigenvalue weighted by Crippen LogP contribution is 2.31. The molecular weight excluding hydrogens is 358 g/mol. The number of hydrogen-bond acceptors (Lipinski definition) is 10. The molecule has 2 aromatic rings. The summed E-state index contributed by atoms with van der Waals surface area (Å²) >= 11 is 0. The van der Waals surface area contributed by atoms with E-state index in [1.54, 1.807) is 6.92 Å². The number of hydrogen-bond donors (Lipinski definition) is 6. The summed E-state index contributed by atoms with van der Waals surface area (Å²) in [5, 5.41) is 51.6. The minimum atomic E-state index is -1.50. The molecule has 5 atom stereocenters. The van der Waals surface area contributed by atoms with Crippen molar-refractivity contribution < 1.29 is 30.3 Å². The molecule has 3 rings (SSSR count). The summed E-state index contributed by atoms with van der Waals surface area (Å²) in [7, 11) is 0. The lowest BCUT2D eigenvalue weighted by Crippen LogP contribution is -2.56. The first-order valence-corrected chi connectivity index (χ1v) is 8.46. The number of aliphatic hydroxyl groups excluding tert-OH is 5. The molecule has 3 heterocycles. The molecule has 0 radical (unpaired) electrons. The predicted molar refractivity (Wildman–Crippen MR) is 93.7 cm³/mol. The maximum absolute atomic E-state index is 10.3. The Kier molecular flexibility index (Phi) is 5.99. The fourth-order valence-electron chi connectivity index (χ4n) is 2.87. The molecule has 1 fully saturated rings. The van der Waals surface area contributed by atoms with E-state index in [2.05, 4.69) is 20.3 Å². The van der Waals surface area contributed by atoms with Crippen molar-refractivity contribution >= 4 is 17.0 Å². The van der Waals surface area contributed by atoms with Crippen molar-refractivity contribution in [3.63, 3.8) is 0 Å². The number of rotatable bonds is 6. The van der Waals surface area contributed by atoms with Gasteiger partial charge >= 0.3 is 0 Å². The number of fused-ring (bicyclic) bond motifs is 1. The van der Waals surface area contributed by atoms with Crippen LogP contribution in [0.2, 0.25) is 0 Å². The monoisotopic (exact) mass is 381 g/mol. The zero-order chi connectivity index (χ0) is 19.6. The van der Waals surface area contributed by atoms with Crippen molar-refractivity contribution in [1.29, 1.82) is 0 Å². The van der Waals surface area contributed by atoms with E-state index >= 15 is 0 Å². The van der Waals surface area contributed by atoms with E-state index in [0.717, 1.165) is 5.57 Å². The van der Waals surface area contributed by atoms with Crippen LogP contribution in [0.1, 0.15) is 13.2 Å². The Morgan fingerprint density at radius 3 is 2.67 bits per heavy atom. The lowest BCUT2D eigenvalue weighted by molar-refractivity contribution is -0.250. The van der Waals surface area contributed by atoms with Crippen LogP contribution in [0, 0.1) is 0 Å². The average molecular weight is 381 g/mol. The van der Waals surface area contributed by atoms with Gasteiger partial charge in [0.05, 0.1) is 19.5 Å². The molecule has 0 spiro atoms. The minimum absolute atomic E-state index is 0.0351. The molecular formula is C16H23N5O6. The van der Waals surface area contributed by atoms with Crippen molar-refractivity contribution in [2.24, 2.45) is 0 Å². The van der Waals surface area contributed by atoms with Gasteiger partial charge in [-0.25, -0.2) is 15.0 Å². The Balaban J connectivity index is 1.89. The summed E-state index contributed by atoms with van der Waals surface area (Å²) in [6.45, 7) is 1.66. The molecule has 1 aliphatic heterocycles. The molecule has 0 bridgehead atoms. The first kappa shape index (κ1) is 19.6. The lowest BCUT2D eigenvalue weighted by Gasteiger charge is -2.40. The van der Waals surface area contributed by atoms with Gasteiger partial charge in [-0.1, -0.05) is 11.6 Å². The number of aliphatic hydroxyl groups is 5. The SMILES string of the molecule is C/C(=C/CNc1ncnc2c1ncn2C1O[C@H](CO)[C@@H](O)[C@H](O)[C@H]1O)CO. The van der Waals surface area contributed by atoms with E-state index in [-0.39, 0.29) is 6.61 Å². The molecule has 11 nitrogen and oxygen atoms in total. The number of imidazole rings is 1. The zero-order valence-electron chi connectivity index (χ0n) is 14.7. The van der Waals surface area contributed by atoms with Crippen LogP contribution < -0.4 is 5.32 Å². The first-order valence-electron chi connectivity index (χ1n) is 8.46. The van der Waals surface area contributed by atoms with E-state index in [4.69, 9.17) is 9.84 Å². The van der Waals surface area contributed by atoms with Gasteiger partial charge in [-0.05, 0) is 6.92 Å². The van der Waals surface area contributed by atoms with E-state index in [1.165, 1.54) is 17.2 Å². The van der Waals surface area contributed by atoms with E-state index in [9.17, 15) is 20.4 Å². The summed E-state index contributed by atoms with van der Waals surface area (Å²) < 4.78 is 6.96. The molecule has 1 unspecified atom stereocenters. The number of anilines is 1.